The summed E-state index contributed by atoms with van der Waals surface area (Å²) in [5, 5.41) is 6.52. The summed E-state index contributed by atoms with van der Waals surface area (Å²) in [4.78, 5) is 12.3. The molecule has 0 aliphatic carbocycles. The lowest BCUT2D eigenvalue weighted by Gasteiger charge is -2.11. The van der Waals surface area contributed by atoms with Gasteiger partial charge in [0.05, 0.1) is 12.6 Å². The zero-order valence-electron chi connectivity index (χ0n) is 16.1. The van der Waals surface area contributed by atoms with E-state index in [1.807, 2.05) is 50.2 Å². The molecule has 1 amide bonds. The number of ether oxygens (including phenoxy) is 1. The second kappa shape index (κ2) is 9.58. The number of carbonyl (C=O) groups is 1. The normalized spacial score (nSPS) is 10.6. The summed E-state index contributed by atoms with van der Waals surface area (Å²) >= 11 is 11.1. The van der Waals surface area contributed by atoms with E-state index in [4.69, 9.17) is 33.0 Å². The molecular formula is C22H21ClN2O3S. The van der Waals surface area contributed by atoms with Crippen LogP contribution in [0.1, 0.15) is 30.0 Å². The third kappa shape index (κ3) is 6.07. The van der Waals surface area contributed by atoms with E-state index in [-0.39, 0.29) is 17.1 Å². The van der Waals surface area contributed by atoms with Gasteiger partial charge in [-0.25, -0.2) is 0 Å². The summed E-state index contributed by atoms with van der Waals surface area (Å²) in [6, 6.07) is 18.0. The smallest absolute Gasteiger partial charge is 0.257 e. The van der Waals surface area contributed by atoms with Crippen LogP contribution in [0.3, 0.4) is 0 Å². The summed E-state index contributed by atoms with van der Waals surface area (Å²) in [5.74, 6) is 1.85. The topological polar surface area (TPSA) is 63.5 Å². The molecule has 150 valence electrons. The molecule has 2 aromatic carbocycles. The first-order valence-electron chi connectivity index (χ1n) is 9.11. The van der Waals surface area contributed by atoms with Crippen LogP contribution in [0.4, 0.5) is 0 Å². The maximum atomic E-state index is 12.3. The molecule has 0 radical (unpaired) electrons. The van der Waals surface area contributed by atoms with Crippen molar-refractivity contribution in [2.75, 3.05) is 0 Å². The fourth-order valence-electron chi connectivity index (χ4n) is 2.59. The molecule has 0 unspecified atom stereocenters. The van der Waals surface area contributed by atoms with Crippen LogP contribution in [-0.2, 0) is 6.54 Å². The SMILES string of the molecule is CC(C)Oc1ccc(C(=O)NC(=S)NCc2ccc(-c3ccc(Cl)cc3)o2)cc1. The summed E-state index contributed by atoms with van der Waals surface area (Å²) in [5.41, 5.74) is 1.43. The largest absolute Gasteiger partial charge is 0.491 e. The number of furan rings is 1. The Kier molecular flexibility index (Phi) is 6.90. The maximum Gasteiger partial charge on any atom is 0.257 e. The Balaban J connectivity index is 1.51. The van der Waals surface area contributed by atoms with Crippen molar-refractivity contribution in [2.24, 2.45) is 0 Å². The zero-order chi connectivity index (χ0) is 20.8. The second-order valence-corrected chi connectivity index (χ2v) is 7.45. The van der Waals surface area contributed by atoms with Gasteiger partial charge >= 0.3 is 0 Å². The van der Waals surface area contributed by atoms with Crippen LogP contribution >= 0.6 is 23.8 Å². The van der Waals surface area contributed by atoms with Crippen molar-refractivity contribution in [3.05, 3.63) is 77.0 Å². The van der Waals surface area contributed by atoms with Gasteiger partial charge in [-0.3, -0.25) is 10.1 Å². The number of carbonyl (C=O) groups excluding carboxylic acids is 1. The summed E-state index contributed by atoms with van der Waals surface area (Å²) in [6.45, 7) is 4.25. The predicted molar refractivity (Wildman–Crippen MR) is 118 cm³/mol. The van der Waals surface area contributed by atoms with Gasteiger partial charge in [0.25, 0.3) is 5.91 Å². The lowest BCUT2D eigenvalue weighted by molar-refractivity contribution is 0.0976. The lowest BCUT2D eigenvalue weighted by Crippen LogP contribution is -2.38. The fraction of sp³-hybridized carbons (Fsp3) is 0.182. The van der Waals surface area contributed by atoms with E-state index >= 15 is 0 Å². The van der Waals surface area contributed by atoms with Crippen molar-refractivity contribution in [1.29, 1.82) is 0 Å². The number of nitrogens with one attached hydrogen (secondary N) is 2. The third-order valence-corrected chi connectivity index (χ3v) is 4.43. The Morgan fingerprint density at radius 3 is 2.41 bits per heavy atom. The first-order valence-corrected chi connectivity index (χ1v) is 9.90. The van der Waals surface area contributed by atoms with Gasteiger partial charge < -0.3 is 14.5 Å². The number of hydrogen-bond acceptors (Lipinski definition) is 4. The van der Waals surface area contributed by atoms with Gasteiger partial charge in [-0.15, -0.1) is 0 Å². The van der Waals surface area contributed by atoms with Crippen LogP contribution in [0.2, 0.25) is 5.02 Å². The molecule has 1 aromatic heterocycles. The van der Waals surface area contributed by atoms with Crippen LogP contribution < -0.4 is 15.4 Å². The summed E-state index contributed by atoms with van der Waals surface area (Å²) in [7, 11) is 0. The summed E-state index contributed by atoms with van der Waals surface area (Å²) in [6.07, 6.45) is 0.0771. The molecular weight excluding hydrogens is 408 g/mol. The first kappa shape index (κ1) is 20.9. The Bertz CT molecular complexity index is 982. The van der Waals surface area contributed by atoms with E-state index in [1.165, 1.54) is 0 Å². The highest BCUT2D eigenvalue weighted by atomic mass is 35.5. The standard InChI is InChI=1S/C22H21ClN2O3S/c1-14(2)27-18-9-5-16(6-10-18)21(26)25-22(29)24-13-19-11-12-20(28-19)15-3-7-17(23)8-4-15/h3-12,14H,13H2,1-2H3,(H2,24,25,26,29). The molecule has 3 rings (SSSR count). The van der Waals surface area contributed by atoms with Gasteiger partial charge in [0, 0.05) is 16.1 Å². The molecule has 0 saturated heterocycles. The molecule has 0 spiro atoms. The van der Waals surface area contributed by atoms with E-state index in [2.05, 4.69) is 10.6 Å². The minimum atomic E-state index is -0.292. The highest BCUT2D eigenvalue weighted by molar-refractivity contribution is 7.80. The molecule has 0 fully saturated rings. The van der Waals surface area contributed by atoms with Gasteiger partial charge in [0.15, 0.2) is 5.11 Å². The van der Waals surface area contributed by atoms with E-state index in [1.54, 1.807) is 24.3 Å². The molecule has 0 atom stereocenters. The fourth-order valence-corrected chi connectivity index (χ4v) is 2.88. The van der Waals surface area contributed by atoms with Crippen LogP contribution in [-0.4, -0.2) is 17.1 Å². The highest BCUT2D eigenvalue weighted by Crippen LogP contribution is 2.23. The van der Waals surface area contributed by atoms with E-state index < -0.39 is 0 Å². The van der Waals surface area contributed by atoms with Gasteiger partial charge in [0.1, 0.15) is 17.3 Å². The van der Waals surface area contributed by atoms with Gasteiger partial charge in [0.2, 0.25) is 0 Å². The lowest BCUT2D eigenvalue weighted by atomic mass is 10.2. The Morgan fingerprint density at radius 2 is 1.76 bits per heavy atom. The molecule has 3 aromatic rings. The molecule has 1 heterocycles. The molecule has 0 aliphatic rings. The molecule has 0 saturated carbocycles. The molecule has 2 N–H and O–H groups in total. The quantitative estimate of drug-likeness (QED) is 0.529. The van der Waals surface area contributed by atoms with Crippen molar-refractivity contribution in [3.8, 4) is 17.1 Å². The minimum Gasteiger partial charge on any atom is -0.491 e. The number of hydrogen-bond donors (Lipinski definition) is 2. The van der Waals surface area contributed by atoms with Gasteiger partial charge in [-0.05, 0) is 86.7 Å². The number of amides is 1. The number of rotatable bonds is 6. The summed E-state index contributed by atoms with van der Waals surface area (Å²) < 4.78 is 11.4. The average Bonchev–Trinajstić information content (AvgIpc) is 3.16. The van der Waals surface area contributed by atoms with Crippen LogP contribution in [0.15, 0.2) is 65.1 Å². The minimum absolute atomic E-state index is 0.0771. The Morgan fingerprint density at radius 1 is 1.07 bits per heavy atom. The second-order valence-electron chi connectivity index (χ2n) is 6.60. The van der Waals surface area contributed by atoms with Crippen molar-refractivity contribution in [2.45, 2.75) is 26.5 Å². The van der Waals surface area contributed by atoms with Crippen molar-refractivity contribution >= 4 is 34.8 Å². The van der Waals surface area contributed by atoms with E-state index in [0.717, 1.165) is 11.3 Å². The van der Waals surface area contributed by atoms with Crippen LogP contribution in [0, 0.1) is 0 Å². The third-order valence-electron chi connectivity index (χ3n) is 3.93. The highest BCUT2D eigenvalue weighted by Gasteiger charge is 2.10. The van der Waals surface area contributed by atoms with E-state index in [0.29, 0.717) is 28.6 Å². The molecule has 5 nitrogen and oxygen atoms in total. The number of thiocarbonyl (C=S) groups is 1. The van der Waals surface area contributed by atoms with Crippen molar-refractivity contribution < 1.29 is 13.9 Å². The molecule has 29 heavy (non-hydrogen) atoms. The van der Waals surface area contributed by atoms with Crippen LogP contribution in [0.5, 0.6) is 5.75 Å². The number of halogens is 1. The van der Waals surface area contributed by atoms with E-state index in [9.17, 15) is 4.79 Å². The molecule has 7 heteroatoms. The Labute approximate surface area is 180 Å². The van der Waals surface area contributed by atoms with Crippen molar-refractivity contribution in [1.82, 2.24) is 10.6 Å². The van der Waals surface area contributed by atoms with Crippen LogP contribution in [0.25, 0.3) is 11.3 Å². The molecule has 0 aliphatic heterocycles. The maximum absolute atomic E-state index is 12.3. The monoisotopic (exact) mass is 428 g/mol. The van der Waals surface area contributed by atoms with Gasteiger partial charge in [-0.1, -0.05) is 11.6 Å². The van der Waals surface area contributed by atoms with Gasteiger partial charge in [-0.2, -0.15) is 0 Å². The average molecular weight is 429 g/mol. The zero-order valence-corrected chi connectivity index (χ0v) is 17.6. The van der Waals surface area contributed by atoms with Crippen molar-refractivity contribution in [3.63, 3.8) is 0 Å². The predicted octanol–water partition coefficient (Wildman–Crippen LogP) is 5.19. The first-order chi connectivity index (χ1) is 13.9. The Hall–Kier alpha value is -2.83. The number of benzene rings is 2. The molecule has 0 bridgehead atoms.